The Morgan fingerprint density at radius 1 is 1.04 bits per heavy atom. The van der Waals surface area contributed by atoms with E-state index in [1.807, 2.05) is 37.3 Å². The number of rotatable bonds is 4. The maximum atomic E-state index is 12.7. The molecule has 0 aliphatic carbocycles. The van der Waals surface area contributed by atoms with Gasteiger partial charge >= 0.3 is 0 Å². The van der Waals surface area contributed by atoms with Gasteiger partial charge in [-0.3, -0.25) is 14.6 Å². The molecule has 1 atom stereocenters. The molecule has 7 heteroatoms. The first-order valence-electron chi connectivity index (χ1n) is 9.71. The number of para-hydroxylation sites is 1. The molecule has 2 aliphatic heterocycles. The highest BCUT2D eigenvalue weighted by atomic mass is 16.5. The van der Waals surface area contributed by atoms with Crippen molar-refractivity contribution in [1.29, 1.82) is 0 Å². The molecule has 2 fully saturated rings. The standard InChI is InChI=1S/C21H24N4O3/c1-15-13-23-18(14-22-15)20(26)24-10-7-17(8-11-24)28-19-9-12-25(21(19)27)16-5-3-2-4-6-16/h2-6,13-14,17,19H,7-12H2,1H3. The summed E-state index contributed by atoms with van der Waals surface area (Å²) in [4.78, 5) is 37.1. The summed E-state index contributed by atoms with van der Waals surface area (Å²) in [5, 5.41) is 0. The molecule has 2 saturated heterocycles. The van der Waals surface area contributed by atoms with E-state index in [4.69, 9.17) is 4.74 Å². The summed E-state index contributed by atoms with van der Waals surface area (Å²) in [5.74, 6) is -0.0715. The van der Waals surface area contributed by atoms with Crippen LogP contribution in [0.25, 0.3) is 0 Å². The molecule has 1 unspecified atom stereocenters. The number of hydrogen-bond acceptors (Lipinski definition) is 5. The van der Waals surface area contributed by atoms with Gasteiger partial charge in [-0.25, -0.2) is 4.98 Å². The summed E-state index contributed by atoms with van der Waals surface area (Å²) in [5.41, 5.74) is 2.07. The van der Waals surface area contributed by atoms with Crippen LogP contribution in [0.4, 0.5) is 5.69 Å². The molecule has 146 valence electrons. The van der Waals surface area contributed by atoms with Gasteiger partial charge in [0, 0.05) is 37.9 Å². The molecular formula is C21H24N4O3. The van der Waals surface area contributed by atoms with Crippen LogP contribution >= 0.6 is 0 Å². The lowest BCUT2D eigenvalue weighted by atomic mass is 10.1. The third kappa shape index (κ3) is 3.89. The summed E-state index contributed by atoms with van der Waals surface area (Å²) in [6.07, 6.45) is 4.88. The monoisotopic (exact) mass is 380 g/mol. The molecule has 2 aliphatic rings. The SMILES string of the molecule is Cc1cnc(C(=O)N2CCC(OC3CCN(c4ccccc4)C3=O)CC2)cn1. The van der Waals surface area contributed by atoms with Crippen molar-refractivity contribution >= 4 is 17.5 Å². The van der Waals surface area contributed by atoms with Gasteiger partial charge < -0.3 is 14.5 Å². The van der Waals surface area contributed by atoms with Crippen LogP contribution in [-0.2, 0) is 9.53 Å². The summed E-state index contributed by atoms with van der Waals surface area (Å²) >= 11 is 0. The van der Waals surface area contributed by atoms with Crippen LogP contribution in [0.15, 0.2) is 42.7 Å². The second-order valence-corrected chi connectivity index (χ2v) is 7.27. The largest absolute Gasteiger partial charge is 0.365 e. The number of benzene rings is 1. The molecule has 7 nitrogen and oxygen atoms in total. The summed E-state index contributed by atoms with van der Waals surface area (Å²) < 4.78 is 6.11. The van der Waals surface area contributed by atoms with Gasteiger partial charge in [-0.15, -0.1) is 0 Å². The molecule has 0 saturated carbocycles. The topological polar surface area (TPSA) is 75.6 Å². The van der Waals surface area contributed by atoms with Crippen molar-refractivity contribution in [2.75, 3.05) is 24.5 Å². The van der Waals surface area contributed by atoms with Gasteiger partial charge in [-0.05, 0) is 31.9 Å². The van der Waals surface area contributed by atoms with Crippen LogP contribution in [0.5, 0.6) is 0 Å². The van der Waals surface area contributed by atoms with E-state index in [-0.39, 0.29) is 17.9 Å². The van der Waals surface area contributed by atoms with Gasteiger partial charge in [0.25, 0.3) is 11.8 Å². The van der Waals surface area contributed by atoms with Crippen LogP contribution in [0, 0.1) is 6.92 Å². The maximum absolute atomic E-state index is 12.7. The van der Waals surface area contributed by atoms with Crippen molar-refractivity contribution in [2.24, 2.45) is 0 Å². The zero-order chi connectivity index (χ0) is 19.5. The number of carbonyl (C=O) groups is 2. The minimum absolute atomic E-state index is 0.00201. The summed E-state index contributed by atoms with van der Waals surface area (Å²) in [7, 11) is 0. The van der Waals surface area contributed by atoms with E-state index >= 15 is 0 Å². The Kier molecular flexibility index (Phi) is 5.34. The highest BCUT2D eigenvalue weighted by molar-refractivity contribution is 5.98. The second kappa shape index (κ2) is 8.06. The zero-order valence-corrected chi connectivity index (χ0v) is 16.0. The van der Waals surface area contributed by atoms with E-state index in [1.165, 1.54) is 6.20 Å². The van der Waals surface area contributed by atoms with Crippen molar-refractivity contribution in [1.82, 2.24) is 14.9 Å². The van der Waals surface area contributed by atoms with E-state index in [0.29, 0.717) is 31.7 Å². The van der Waals surface area contributed by atoms with E-state index in [9.17, 15) is 9.59 Å². The molecule has 3 heterocycles. The van der Waals surface area contributed by atoms with Crippen LogP contribution in [0.2, 0.25) is 0 Å². The number of hydrogen-bond donors (Lipinski definition) is 0. The molecule has 0 spiro atoms. The molecular weight excluding hydrogens is 356 g/mol. The Bertz CT molecular complexity index is 832. The summed E-state index contributed by atoms with van der Waals surface area (Å²) in [6, 6.07) is 9.69. The smallest absolute Gasteiger partial charge is 0.274 e. The first kappa shape index (κ1) is 18.6. The minimum Gasteiger partial charge on any atom is -0.365 e. The van der Waals surface area contributed by atoms with Crippen LogP contribution < -0.4 is 4.90 Å². The Morgan fingerprint density at radius 2 is 1.79 bits per heavy atom. The van der Waals surface area contributed by atoms with Crippen LogP contribution in [0.3, 0.4) is 0 Å². The Balaban J connectivity index is 1.29. The lowest BCUT2D eigenvalue weighted by Crippen LogP contribution is -2.43. The average Bonchev–Trinajstić information content (AvgIpc) is 3.09. The molecule has 1 aromatic carbocycles. The molecule has 0 bridgehead atoms. The van der Waals surface area contributed by atoms with Gasteiger partial charge in [-0.1, -0.05) is 18.2 Å². The Morgan fingerprint density at radius 3 is 2.46 bits per heavy atom. The number of ether oxygens (including phenoxy) is 1. The third-order valence-corrected chi connectivity index (χ3v) is 5.31. The van der Waals surface area contributed by atoms with Crippen molar-refractivity contribution in [3.8, 4) is 0 Å². The quantitative estimate of drug-likeness (QED) is 0.813. The number of aryl methyl sites for hydroxylation is 1. The minimum atomic E-state index is -0.393. The first-order valence-corrected chi connectivity index (χ1v) is 9.71. The number of aromatic nitrogens is 2. The second-order valence-electron chi connectivity index (χ2n) is 7.27. The van der Waals surface area contributed by atoms with E-state index in [1.54, 1.807) is 16.0 Å². The molecule has 1 aromatic heterocycles. The number of anilines is 1. The average molecular weight is 380 g/mol. The van der Waals surface area contributed by atoms with Crippen molar-refractivity contribution < 1.29 is 14.3 Å². The number of piperidine rings is 1. The summed E-state index contributed by atoms with van der Waals surface area (Å²) in [6.45, 7) is 3.72. The molecule has 4 rings (SSSR count). The molecule has 0 N–H and O–H groups in total. The van der Waals surface area contributed by atoms with Gasteiger partial charge in [0.15, 0.2) is 0 Å². The Hall–Kier alpha value is -2.80. The van der Waals surface area contributed by atoms with Crippen LogP contribution in [-0.4, -0.2) is 58.5 Å². The van der Waals surface area contributed by atoms with Crippen molar-refractivity contribution in [3.05, 3.63) is 54.1 Å². The molecule has 2 aromatic rings. The number of likely N-dealkylation sites (tertiary alicyclic amines) is 1. The fourth-order valence-corrected chi connectivity index (χ4v) is 3.74. The number of carbonyl (C=O) groups excluding carboxylic acids is 2. The first-order chi connectivity index (χ1) is 13.6. The lowest BCUT2D eigenvalue weighted by Gasteiger charge is -2.32. The van der Waals surface area contributed by atoms with E-state index < -0.39 is 6.10 Å². The van der Waals surface area contributed by atoms with E-state index in [0.717, 1.165) is 24.2 Å². The molecule has 28 heavy (non-hydrogen) atoms. The fraction of sp³-hybridized carbons (Fsp3) is 0.429. The predicted molar refractivity (Wildman–Crippen MR) is 104 cm³/mol. The van der Waals surface area contributed by atoms with Gasteiger partial charge in [0.05, 0.1) is 18.0 Å². The lowest BCUT2D eigenvalue weighted by molar-refractivity contribution is -0.132. The van der Waals surface area contributed by atoms with Gasteiger partial charge in [0.2, 0.25) is 0 Å². The predicted octanol–water partition coefficient (Wildman–Crippen LogP) is 2.21. The normalized spacial score (nSPS) is 20.6. The fourth-order valence-electron chi connectivity index (χ4n) is 3.74. The number of amides is 2. The Labute approximate surface area is 164 Å². The highest BCUT2D eigenvalue weighted by Crippen LogP contribution is 2.26. The van der Waals surface area contributed by atoms with Crippen LogP contribution in [0.1, 0.15) is 35.4 Å². The third-order valence-electron chi connectivity index (χ3n) is 5.31. The molecule has 2 amide bonds. The number of nitrogens with zero attached hydrogens (tertiary/aromatic N) is 4. The molecule has 0 radical (unpaired) electrons. The maximum Gasteiger partial charge on any atom is 0.274 e. The zero-order valence-electron chi connectivity index (χ0n) is 16.0. The van der Waals surface area contributed by atoms with Gasteiger partial charge in [0.1, 0.15) is 11.8 Å². The van der Waals surface area contributed by atoms with Gasteiger partial charge in [-0.2, -0.15) is 0 Å². The van der Waals surface area contributed by atoms with E-state index in [2.05, 4.69) is 9.97 Å². The van der Waals surface area contributed by atoms with Crippen molar-refractivity contribution in [2.45, 2.75) is 38.4 Å². The van der Waals surface area contributed by atoms with Crippen molar-refractivity contribution in [3.63, 3.8) is 0 Å². The highest BCUT2D eigenvalue weighted by Gasteiger charge is 2.36.